The summed E-state index contributed by atoms with van der Waals surface area (Å²) in [6, 6.07) is 23.1. The largest absolute Gasteiger partial charge is 0.348 e. The smallest absolute Gasteiger partial charge is 0.0922 e. The molecule has 28 heavy (non-hydrogen) atoms. The van der Waals surface area contributed by atoms with Crippen LogP contribution in [0.2, 0.25) is 0 Å². The number of aromatic nitrogens is 4. The van der Waals surface area contributed by atoms with Crippen molar-refractivity contribution >= 4 is 10.9 Å². The molecule has 0 saturated heterocycles. The van der Waals surface area contributed by atoms with Crippen molar-refractivity contribution in [1.29, 1.82) is 0 Å². The summed E-state index contributed by atoms with van der Waals surface area (Å²) in [7, 11) is 0. The Balaban J connectivity index is 1.72. The lowest BCUT2D eigenvalue weighted by atomic mass is 9.88. The first-order valence-corrected chi connectivity index (χ1v) is 9.22. The molecule has 0 aliphatic carbocycles. The molecule has 4 heteroatoms. The van der Waals surface area contributed by atoms with Gasteiger partial charge in [0.25, 0.3) is 0 Å². The fourth-order valence-corrected chi connectivity index (χ4v) is 3.74. The van der Waals surface area contributed by atoms with Crippen LogP contribution in [0.4, 0.5) is 0 Å². The Labute approximate surface area is 163 Å². The maximum atomic E-state index is 4.57. The molecule has 3 heterocycles. The monoisotopic (exact) mass is 362 g/mol. The van der Waals surface area contributed by atoms with Crippen molar-refractivity contribution in [3.8, 4) is 11.1 Å². The molecule has 1 N–H and O–H groups in total. The predicted molar refractivity (Wildman–Crippen MR) is 111 cm³/mol. The fraction of sp³-hybridized carbons (Fsp3) is 0.0417. The Morgan fingerprint density at radius 3 is 2.46 bits per heavy atom. The number of fused-ring (bicyclic) bond motifs is 1. The third kappa shape index (κ3) is 2.95. The third-order valence-corrected chi connectivity index (χ3v) is 5.03. The molecular weight excluding hydrogens is 344 g/mol. The number of hydrogen-bond acceptors (Lipinski definition) is 3. The molecule has 3 aromatic heterocycles. The lowest BCUT2D eigenvalue weighted by Crippen LogP contribution is -2.04. The molecule has 0 amide bonds. The van der Waals surface area contributed by atoms with E-state index in [0.29, 0.717) is 0 Å². The average Bonchev–Trinajstić information content (AvgIpc) is 3.29. The van der Waals surface area contributed by atoms with Crippen molar-refractivity contribution in [3.05, 3.63) is 115 Å². The molecule has 0 saturated carbocycles. The van der Waals surface area contributed by atoms with Crippen LogP contribution < -0.4 is 0 Å². The highest BCUT2D eigenvalue weighted by Crippen LogP contribution is 2.34. The molecule has 4 nitrogen and oxygen atoms in total. The van der Waals surface area contributed by atoms with Gasteiger partial charge in [0.15, 0.2) is 0 Å². The van der Waals surface area contributed by atoms with Gasteiger partial charge in [0, 0.05) is 35.9 Å². The van der Waals surface area contributed by atoms with Gasteiger partial charge in [-0.15, -0.1) is 0 Å². The van der Waals surface area contributed by atoms with E-state index >= 15 is 0 Å². The summed E-state index contributed by atoms with van der Waals surface area (Å²) in [6.45, 7) is 0. The van der Waals surface area contributed by atoms with Crippen molar-refractivity contribution in [2.45, 2.75) is 5.92 Å². The summed E-state index contributed by atoms with van der Waals surface area (Å²) in [6.07, 6.45) is 9.18. The number of imidazole rings is 1. The van der Waals surface area contributed by atoms with Crippen molar-refractivity contribution in [2.24, 2.45) is 0 Å². The van der Waals surface area contributed by atoms with Crippen LogP contribution in [-0.4, -0.2) is 19.9 Å². The second kappa shape index (κ2) is 7.08. The highest BCUT2D eigenvalue weighted by molar-refractivity contribution is 5.94. The summed E-state index contributed by atoms with van der Waals surface area (Å²) < 4.78 is 0. The van der Waals surface area contributed by atoms with Gasteiger partial charge < -0.3 is 4.98 Å². The summed E-state index contributed by atoms with van der Waals surface area (Å²) in [5.41, 5.74) is 6.69. The number of pyridine rings is 2. The third-order valence-electron chi connectivity index (χ3n) is 5.03. The Kier molecular flexibility index (Phi) is 4.14. The predicted octanol–water partition coefficient (Wildman–Crippen LogP) is 5.20. The van der Waals surface area contributed by atoms with Gasteiger partial charge in [0.2, 0.25) is 0 Å². The molecule has 134 valence electrons. The maximum Gasteiger partial charge on any atom is 0.0922 e. The van der Waals surface area contributed by atoms with Crippen LogP contribution in [-0.2, 0) is 0 Å². The SMILES string of the molecule is c1ccc(-c2ccnc3ccc(C(c4cccnc4)c4cnc[nH]4)cc23)cc1. The molecule has 1 atom stereocenters. The molecule has 0 bridgehead atoms. The molecule has 0 fully saturated rings. The van der Waals surface area contributed by atoms with Crippen molar-refractivity contribution in [2.75, 3.05) is 0 Å². The molecule has 0 spiro atoms. The van der Waals surface area contributed by atoms with Gasteiger partial charge in [-0.25, -0.2) is 4.98 Å². The number of aromatic amines is 1. The number of H-pyrrole nitrogens is 1. The minimum atomic E-state index is 0.0319. The van der Waals surface area contributed by atoms with Gasteiger partial charge in [-0.3, -0.25) is 9.97 Å². The number of benzene rings is 2. The minimum Gasteiger partial charge on any atom is -0.348 e. The summed E-state index contributed by atoms with van der Waals surface area (Å²) in [5.74, 6) is 0.0319. The van der Waals surface area contributed by atoms with Crippen molar-refractivity contribution in [3.63, 3.8) is 0 Å². The second-order valence-electron chi connectivity index (χ2n) is 6.73. The Morgan fingerprint density at radius 2 is 1.68 bits per heavy atom. The Bertz CT molecular complexity index is 1200. The zero-order valence-electron chi connectivity index (χ0n) is 15.2. The summed E-state index contributed by atoms with van der Waals surface area (Å²) >= 11 is 0. The van der Waals surface area contributed by atoms with E-state index in [-0.39, 0.29) is 5.92 Å². The van der Waals surface area contributed by atoms with Gasteiger partial charge in [-0.05, 0) is 46.5 Å². The lowest BCUT2D eigenvalue weighted by molar-refractivity contribution is 0.924. The van der Waals surface area contributed by atoms with Gasteiger partial charge in [-0.2, -0.15) is 0 Å². The van der Waals surface area contributed by atoms with E-state index in [0.717, 1.165) is 22.2 Å². The quantitative estimate of drug-likeness (QED) is 0.478. The molecule has 0 radical (unpaired) electrons. The van der Waals surface area contributed by atoms with Gasteiger partial charge in [0.1, 0.15) is 0 Å². The van der Waals surface area contributed by atoms with Crippen LogP contribution in [0.5, 0.6) is 0 Å². The maximum absolute atomic E-state index is 4.57. The van der Waals surface area contributed by atoms with E-state index in [9.17, 15) is 0 Å². The van der Waals surface area contributed by atoms with Crippen molar-refractivity contribution < 1.29 is 0 Å². The number of hydrogen-bond donors (Lipinski definition) is 1. The minimum absolute atomic E-state index is 0.0319. The van der Waals surface area contributed by atoms with E-state index in [1.807, 2.05) is 30.7 Å². The number of nitrogens with zero attached hydrogens (tertiary/aromatic N) is 3. The molecule has 2 aromatic carbocycles. The van der Waals surface area contributed by atoms with Gasteiger partial charge >= 0.3 is 0 Å². The van der Waals surface area contributed by atoms with Crippen LogP contribution in [0.1, 0.15) is 22.7 Å². The van der Waals surface area contributed by atoms with Crippen LogP contribution in [0.3, 0.4) is 0 Å². The number of rotatable bonds is 4. The second-order valence-corrected chi connectivity index (χ2v) is 6.73. The molecule has 1 unspecified atom stereocenters. The zero-order chi connectivity index (χ0) is 18.8. The van der Waals surface area contributed by atoms with Crippen LogP contribution in [0, 0.1) is 0 Å². The standard InChI is InChI=1S/C24H18N4/c1-2-5-17(6-3-1)20-10-12-27-22-9-8-18(13-21(20)22)24(23-15-26-16-28-23)19-7-4-11-25-14-19/h1-16,24H,(H,26,28). The van der Waals surface area contributed by atoms with E-state index < -0.39 is 0 Å². The van der Waals surface area contributed by atoms with Crippen LogP contribution >= 0.6 is 0 Å². The molecule has 0 aliphatic rings. The van der Waals surface area contributed by atoms with Crippen LogP contribution in [0.15, 0.2) is 97.8 Å². The highest BCUT2D eigenvalue weighted by atomic mass is 14.9. The molecule has 0 aliphatic heterocycles. The van der Waals surface area contributed by atoms with E-state index in [1.54, 1.807) is 12.5 Å². The van der Waals surface area contributed by atoms with Crippen LogP contribution in [0.25, 0.3) is 22.0 Å². The summed E-state index contributed by atoms with van der Waals surface area (Å²) in [4.78, 5) is 16.4. The number of nitrogens with one attached hydrogen (secondary N) is 1. The van der Waals surface area contributed by atoms with Crippen molar-refractivity contribution in [1.82, 2.24) is 19.9 Å². The summed E-state index contributed by atoms with van der Waals surface area (Å²) in [5, 5.41) is 1.14. The Morgan fingerprint density at radius 1 is 0.750 bits per heavy atom. The van der Waals surface area contributed by atoms with Gasteiger partial charge in [0.05, 0.1) is 17.8 Å². The first-order valence-electron chi connectivity index (χ1n) is 9.22. The highest BCUT2D eigenvalue weighted by Gasteiger charge is 2.19. The normalized spacial score (nSPS) is 12.1. The first kappa shape index (κ1) is 16.4. The lowest BCUT2D eigenvalue weighted by Gasteiger charge is -2.17. The van der Waals surface area contributed by atoms with E-state index in [4.69, 9.17) is 0 Å². The molecular formula is C24H18N4. The molecule has 5 rings (SSSR count). The van der Waals surface area contributed by atoms with E-state index in [1.165, 1.54) is 16.7 Å². The molecule has 5 aromatic rings. The first-order chi connectivity index (χ1) is 13.9. The van der Waals surface area contributed by atoms with E-state index in [2.05, 4.69) is 74.5 Å². The topological polar surface area (TPSA) is 54.5 Å². The van der Waals surface area contributed by atoms with Gasteiger partial charge in [-0.1, -0.05) is 42.5 Å². The average molecular weight is 362 g/mol. The zero-order valence-corrected chi connectivity index (χ0v) is 15.2. The fourth-order valence-electron chi connectivity index (χ4n) is 3.74. The Hall–Kier alpha value is -3.79.